The summed E-state index contributed by atoms with van der Waals surface area (Å²) < 4.78 is 0. The smallest absolute Gasteiger partial charge is 0.309 e. The maximum Gasteiger partial charge on any atom is 0.309 e. The lowest BCUT2D eigenvalue weighted by molar-refractivity contribution is -0.149. The van der Waals surface area contributed by atoms with Gasteiger partial charge in [-0.1, -0.05) is 6.07 Å². The van der Waals surface area contributed by atoms with Gasteiger partial charge >= 0.3 is 5.97 Å². The average Bonchev–Trinajstić information content (AvgIpc) is 2.56. The van der Waals surface area contributed by atoms with E-state index in [1.807, 2.05) is 18.2 Å². The molecule has 3 heterocycles. The van der Waals surface area contributed by atoms with Gasteiger partial charge in [-0.25, -0.2) is 15.0 Å². The van der Waals surface area contributed by atoms with E-state index in [-0.39, 0.29) is 6.04 Å². The van der Waals surface area contributed by atoms with Crippen LogP contribution in [0, 0.1) is 5.41 Å². The number of anilines is 1. The first kappa shape index (κ1) is 14.4. The molecule has 3 rings (SSSR count). The van der Waals surface area contributed by atoms with Crippen LogP contribution < -0.4 is 4.90 Å². The van der Waals surface area contributed by atoms with Crippen molar-refractivity contribution in [2.75, 3.05) is 11.4 Å². The predicted octanol–water partition coefficient (Wildman–Crippen LogP) is 2.30. The van der Waals surface area contributed by atoms with Gasteiger partial charge in [-0.2, -0.15) is 0 Å². The molecule has 0 spiro atoms. The van der Waals surface area contributed by atoms with Crippen molar-refractivity contribution in [2.45, 2.75) is 25.8 Å². The van der Waals surface area contributed by atoms with Crippen LogP contribution >= 0.6 is 0 Å². The normalized spacial score (nSPS) is 25.0. The van der Waals surface area contributed by atoms with Crippen LogP contribution in [0.25, 0.3) is 0 Å². The van der Waals surface area contributed by atoms with Crippen LogP contribution in [0.3, 0.4) is 0 Å². The minimum atomic E-state index is -0.769. The Morgan fingerprint density at radius 2 is 1.95 bits per heavy atom. The van der Waals surface area contributed by atoms with E-state index >= 15 is 0 Å². The Labute approximate surface area is 128 Å². The number of rotatable bonds is 3. The molecule has 1 saturated heterocycles. The number of hydrogen-bond donors (Lipinski definition) is 1. The monoisotopic (exact) mass is 298 g/mol. The summed E-state index contributed by atoms with van der Waals surface area (Å²) in [7, 11) is 0. The topological polar surface area (TPSA) is 79.2 Å². The van der Waals surface area contributed by atoms with Crippen molar-refractivity contribution in [2.24, 2.45) is 5.41 Å². The van der Waals surface area contributed by atoms with E-state index < -0.39 is 11.4 Å². The number of aromatic nitrogens is 3. The van der Waals surface area contributed by atoms with E-state index in [0.29, 0.717) is 25.2 Å². The minimum Gasteiger partial charge on any atom is -0.481 e. The lowest BCUT2D eigenvalue weighted by atomic mass is 9.76. The quantitative estimate of drug-likeness (QED) is 0.936. The number of carboxylic acid groups (broad SMARTS) is 1. The molecular weight excluding hydrogens is 280 g/mol. The van der Waals surface area contributed by atoms with Gasteiger partial charge in [0, 0.05) is 25.1 Å². The highest BCUT2D eigenvalue weighted by Crippen LogP contribution is 2.42. The Kier molecular flexibility index (Phi) is 3.75. The summed E-state index contributed by atoms with van der Waals surface area (Å²) in [5.74, 6) is 0.696. The largest absolute Gasteiger partial charge is 0.481 e. The zero-order valence-corrected chi connectivity index (χ0v) is 12.4. The minimum absolute atomic E-state index is 0.189. The lowest BCUT2D eigenvalue weighted by Gasteiger charge is -2.42. The third-order valence-corrected chi connectivity index (χ3v) is 4.27. The zero-order valence-electron chi connectivity index (χ0n) is 12.4. The van der Waals surface area contributed by atoms with Gasteiger partial charge < -0.3 is 10.0 Å². The van der Waals surface area contributed by atoms with Gasteiger partial charge in [-0.05, 0) is 38.0 Å². The van der Waals surface area contributed by atoms with Gasteiger partial charge in [0.1, 0.15) is 5.82 Å². The van der Waals surface area contributed by atoms with Crippen LogP contribution in [0.5, 0.6) is 0 Å². The summed E-state index contributed by atoms with van der Waals surface area (Å²) in [6.07, 6.45) is 6.14. The number of piperidine rings is 1. The van der Waals surface area contributed by atoms with Crippen molar-refractivity contribution >= 4 is 11.8 Å². The van der Waals surface area contributed by atoms with Crippen molar-refractivity contribution in [1.82, 2.24) is 15.0 Å². The molecule has 0 radical (unpaired) electrons. The van der Waals surface area contributed by atoms with Crippen molar-refractivity contribution < 1.29 is 9.90 Å². The second kappa shape index (κ2) is 5.71. The second-order valence-corrected chi connectivity index (χ2v) is 5.82. The van der Waals surface area contributed by atoms with Crippen molar-refractivity contribution in [3.63, 3.8) is 0 Å². The fraction of sp³-hybridized carbons (Fsp3) is 0.375. The number of aliphatic carboxylic acids is 1. The van der Waals surface area contributed by atoms with Gasteiger partial charge in [0.25, 0.3) is 0 Å². The summed E-state index contributed by atoms with van der Waals surface area (Å²) in [6, 6.07) is 7.29. The van der Waals surface area contributed by atoms with Crippen LogP contribution in [0.2, 0.25) is 0 Å². The molecule has 114 valence electrons. The maximum atomic E-state index is 11.6. The van der Waals surface area contributed by atoms with Gasteiger partial charge in [0.2, 0.25) is 0 Å². The van der Waals surface area contributed by atoms with Crippen molar-refractivity contribution in [3.05, 3.63) is 48.7 Å². The Morgan fingerprint density at radius 1 is 1.23 bits per heavy atom. The van der Waals surface area contributed by atoms with E-state index in [4.69, 9.17) is 0 Å². The third-order valence-electron chi connectivity index (χ3n) is 4.27. The first-order chi connectivity index (χ1) is 10.6. The Balaban J connectivity index is 1.98. The van der Waals surface area contributed by atoms with E-state index in [1.165, 1.54) is 0 Å². The van der Waals surface area contributed by atoms with Crippen molar-refractivity contribution in [1.29, 1.82) is 0 Å². The van der Waals surface area contributed by atoms with Crippen LogP contribution in [-0.4, -0.2) is 32.6 Å². The Hall–Kier alpha value is -2.50. The average molecular weight is 298 g/mol. The first-order valence-electron chi connectivity index (χ1n) is 7.28. The molecule has 2 atom stereocenters. The predicted molar refractivity (Wildman–Crippen MR) is 81.3 cm³/mol. The molecule has 0 amide bonds. The van der Waals surface area contributed by atoms with Crippen LogP contribution in [0.1, 0.15) is 31.6 Å². The van der Waals surface area contributed by atoms with Crippen molar-refractivity contribution in [3.8, 4) is 0 Å². The number of carbonyl (C=O) groups is 1. The standard InChI is InChI=1S/C16H18N4O2/c1-16(15(21)22)6-10-20(13-5-2-3-7-17-13)12(11-16)14-18-8-4-9-19-14/h2-5,7-9,12H,6,10-11H2,1H3,(H,21,22). The van der Waals surface area contributed by atoms with Gasteiger partial charge in [-0.3, -0.25) is 4.79 Å². The fourth-order valence-electron chi connectivity index (χ4n) is 2.87. The highest BCUT2D eigenvalue weighted by molar-refractivity contribution is 5.74. The van der Waals surface area contributed by atoms with E-state index in [1.54, 1.807) is 31.6 Å². The molecule has 22 heavy (non-hydrogen) atoms. The molecule has 1 aliphatic heterocycles. The fourth-order valence-corrected chi connectivity index (χ4v) is 2.87. The molecule has 2 unspecified atom stereocenters. The van der Waals surface area contributed by atoms with Crippen LogP contribution in [0.4, 0.5) is 5.82 Å². The van der Waals surface area contributed by atoms with Gasteiger partial charge in [0.15, 0.2) is 5.82 Å². The van der Waals surface area contributed by atoms with Gasteiger partial charge in [0.05, 0.1) is 11.5 Å². The molecule has 0 saturated carbocycles. The molecule has 1 N–H and O–H groups in total. The maximum absolute atomic E-state index is 11.6. The summed E-state index contributed by atoms with van der Waals surface area (Å²) >= 11 is 0. The number of carboxylic acids is 1. The molecule has 6 nitrogen and oxygen atoms in total. The molecule has 1 fully saturated rings. The molecule has 6 heteroatoms. The van der Waals surface area contributed by atoms with Crippen LogP contribution in [0.15, 0.2) is 42.9 Å². The van der Waals surface area contributed by atoms with E-state index in [2.05, 4.69) is 19.9 Å². The van der Waals surface area contributed by atoms with E-state index in [9.17, 15) is 9.90 Å². The first-order valence-corrected chi connectivity index (χ1v) is 7.28. The molecule has 2 aromatic rings. The molecule has 0 aromatic carbocycles. The molecule has 0 bridgehead atoms. The number of pyridine rings is 1. The molecular formula is C16H18N4O2. The summed E-state index contributed by atoms with van der Waals surface area (Å²) in [5, 5.41) is 9.54. The summed E-state index contributed by atoms with van der Waals surface area (Å²) in [6.45, 7) is 2.41. The van der Waals surface area contributed by atoms with Gasteiger partial charge in [-0.15, -0.1) is 0 Å². The summed E-state index contributed by atoms with van der Waals surface area (Å²) in [5.41, 5.74) is -0.769. The zero-order chi connectivity index (χ0) is 15.6. The third kappa shape index (κ3) is 2.64. The SMILES string of the molecule is CC1(C(=O)O)CCN(c2ccccn2)C(c2ncccn2)C1. The highest BCUT2D eigenvalue weighted by atomic mass is 16.4. The molecule has 2 aromatic heterocycles. The second-order valence-electron chi connectivity index (χ2n) is 5.82. The number of nitrogens with zero attached hydrogens (tertiary/aromatic N) is 4. The lowest BCUT2D eigenvalue weighted by Crippen LogP contribution is -2.45. The molecule has 1 aliphatic rings. The van der Waals surface area contributed by atoms with E-state index in [0.717, 1.165) is 5.82 Å². The summed E-state index contributed by atoms with van der Waals surface area (Å²) in [4.78, 5) is 26.8. The Morgan fingerprint density at radius 3 is 2.59 bits per heavy atom. The highest BCUT2D eigenvalue weighted by Gasteiger charge is 2.43. The number of hydrogen-bond acceptors (Lipinski definition) is 5. The molecule has 0 aliphatic carbocycles. The Bertz CT molecular complexity index is 650. The van der Waals surface area contributed by atoms with Crippen LogP contribution in [-0.2, 0) is 4.79 Å².